The molecule has 0 fully saturated rings. The number of nitrogens with zero attached hydrogens (tertiary/aromatic N) is 1. The molecule has 0 bridgehead atoms. The predicted molar refractivity (Wildman–Crippen MR) is 193 cm³/mol. The van der Waals surface area contributed by atoms with Gasteiger partial charge in [0.15, 0.2) is 0 Å². The summed E-state index contributed by atoms with van der Waals surface area (Å²) in [5, 5.41) is 5.43. The van der Waals surface area contributed by atoms with Crippen LogP contribution in [0.5, 0.6) is 0 Å². The molecule has 7 aromatic carbocycles. The lowest BCUT2D eigenvalue weighted by Crippen LogP contribution is -2.42. The molecule has 0 heterocycles. The number of benzene rings is 7. The highest BCUT2D eigenvalue weighted by atomic mass is 15.1. The average Bonchev–Trinajstić information content (AvgIpc) is 3.08. The minimum atomic E-state index is -0.0253. The van der Waals surface area contributed by atoms with E-state index in [1.54, 1.807) is 0 Å². The highest BCUT2D eigenvalue weighted by molar-refractivity contribution is 6.18. The number of rotatable bonds is 5. The number of para-hydroxylation sites is 2. The standard InChI is InChI=1S/C44H37N/c1-43(2)38-22-13-17-32-29-37(36-21-14-23-39(44(43,3)4)42(36)41(32)38)35-20-11-12-24-40(35)45(33-18-9-6-10-19-33)34-27-25-31(26-28-34)30-15-7-5-8-16-30/h5-29H,1-4H3. The zero-order valence-electron chi connectivity index (χ0n) is 26.4. The smallest absolute Gasteiger partial charge is 0.0540 e. The summed E-state index contributed by atoms with van der Waals surface area (Å²) in [6.45, 7) is 9.65. The summed E-state index contributed by atoms with van der Waals surface area (Å²) in [6.07, 6.45) is 0. The molecule has 1 aliphatic carbocycles. The predicted octanol–water partition coefficient (Wildman–Crippen LogP) is 12.4. The van der Waals surface area contributed by atoms with E-state index < -0.39 is 0 Å². The van der Waals surface area contributed by atoms with Crippen LogP contribution in [0.25, 0.3) is 43.8 Å². The van der Waals surface area contributed by atoms with Gasteiger partial charge < -0.3 is 4.90 Å². The van der Waals surface area contributed by atoms with Crippen molar-refractivity contribution < 1.29 is 0 Å². The Morgan fingerprint density at radius 2 is 0.978 bits per heavy atom. The quantitative estimate of drug-likeness (QED) is 0.183. The maximum Gasteiger partial charge on any atom is 0.0540 e. The van der Waals surface area contributed by atoms with Gasteiger partial charge in [0.2, 0.25) is 0 Å². The third-order valence-corrected chi connectivity index (χ3v) is 10.6. The fourth-order valence-corrected chi connectivity index (χ4v) is 7.52. The van der Waals surface area contributed by atoms with Crippen molar-refractivity contribution in [2.45, 2.75) is 38.5 Å². The van der Waals surface area contributed by atoms with Crippen molar-refractivity contribution in [3.05, 3.63) is 163 Å². The maximum absolute atomic E-state index is 2.43. The van der Waals surface area contributed by atoms with Crippen molar-refractivity contribution in [1.29, 1.82) is 0 Å². The molecule has 0 saturated carbocycles. The molecule has 0 aromatic heterocycles. The molecule has 0 radical (unpaired) electrons. The largest absolute Gasteiger partial charge is 0.310 e. The highest BCUT2D eigenvalue weighted by Gasteiger charge is 2.45. The second-order valence-corrected chi connectivity index (χ2v) is 13.4. The Morgan fingerprint density at radius 1 is 0.422 bits per heavy atom. The van der Waals surface area contributed by atoms with Gasteiger partial charge in [-0.2, -0.15) is 0 Å². The van der Waals surface area contributed by atoms with Crippen LogP contribution in [0.1, 0.15) is 38.8 Å². The molecular weight excluding hydrogens is 542 g/mol. The van der Waals surface area contributed by atoms with E-state index in [1.807, 2.05) is 0 Å². The molecule has 1 heteroatoms. The highest BCUT2D eigenvalue weighted by Crippen LogP contribution is 2.55. The van der Waals surface area contributed by atoms with E-state index in [4.69, 9.17) is 0 Å². The lowest BCUT2D eigenvalue weighted by Gasteiger charge is -2.47. The van der Waals surface area contributed by atoms with E-state index in [0.29, 0.717) is 0 Å². The topological polar surface area (TPSA) is 3.24 Å². The fraction of sp³-hybridized carbons (Fsp3) is 0.136. The first-order chi connectivity index (χ1) is 21.9. The van der Waals surface area contributed by atoms with Crippen LogP contribution >= 0.6 is 0 Å². The van der Waals surface area contributed by atoms with Crippen LogP contribution in [0.3, 0.4) is 0 Å². The first-order valence-corrected chi connectivity index (χ1v) is 16.0. The monoisotopic (exact) mass is 579 g/mol. The lowest BCUT2D eigenvalue weighted by atomic mass is 9.56. The number of hydrogen-bond acceptors (Lipinski definition) is 1. The van der Waals surface area contributed by atoms with E-state index in [-0.39, 0.29) is 10.8 Å². The van der Waals surface area contributed by atoms with E-state index in [9.17, 15) is 0 Å². The fourth-order valence-electron chi connectivity index (χ4n) is 7.52. The van der Waals surface area contributed by atoms with Gasteiger partial charge in [-0.15, -0.1) is 0 Å². The Kier molecular flexibility index (Phi) is 6.22. The lowest BCUT2D eigenvalue weighted by molar-refractivity contribution is 0.304. The molecule has 0 unspecified atom stereocenters. The molecule has 218 valence electrons. The van der Waals surface area contributed by atoms with Crippen LogP contribution < -0.4 is 4.90 Å². The van der Waals surface area contributed by atoms with Gasteiger partial charge >= 0.3 is 0 Å². The summed E-state index contributed by atoms with van der Waals surface area (Å²) < 4.78 is 0. The van der Waals surface area contributed by atoms with Gasteiger partial charge in [-0.05, 0) is 96.6 Å². The first kappa shape index (κ1) is 27.4. The van der Waals surface area contributed by atoms with Gasteiger partial charge in [-0.3, -0.25) is 0 Å². The second kappa shape index (κ2) is 10.2. The van der Waals surface area contributed by atoms with Crippen LogP contribution in [0.15, 0.2) is 152 Å². The molecule has 7 aromatic rings. The molecule has 0 spiro atoms. The summed E-state index contributed by atoms with van der Waals surface area (Å²) in [6, 6.07) is 55.5. The summed E-state index contributed by atoms with van der Waals surface area (Å²) in [7, 11) is 0. The Balaban J connectivity index is 1.38. The van der Waals surface area contributed by atoms with Crippen LogP contribution in [0.4, 0.5) is 17.1 Å². The average molecular weight is 580 g/mol. The summed E-state index contributed by atoms with van der Waals surface area (Å²) >= 11 is 0. The molecule has 45 heavy (non-hydrogen) atoms. The van der Waals surface area contributed by atoms with Gasteiger partial charge in [0, 0.05) is 16.9 Å². The van der Waals surface area contributed by atoms with Gasteiger partial charge in [0.05, 0.1) is 5.69 Å². The van der Waals surface area contributed by atoms with Crippen LogP contribution in [0.2, 0.25) is 0 Å². The minimum absolute atomic E-state index is 0.00321. The molecule has 0 amide bonds. The number of anilines is 3. The van der Waals surface area contributed by atoms with Crippen LogP contribution in [-0.2, 0) is 10.8 Å². The van der Waals surface area contributed by atoms with Crippen LogP contribution in [-0.4, -0.2) is 0 Å². The Morgan fingerprint density at radius 3 is 1.69 bits per heavy atom. The van der Waals surface area contributed by atoms with Crippen LogP contribution in [0, 0.1) is 0 Å². The zero-order chi connectivity index (χ0) is 30.8. The number of hydrogen-bond donors (Lipinski definition) is 0. The Labute approximate surface area is 266 Å². The molecule has 0 aliphatic heterocycles. The molecule has 8 rings (SSSR count). The molecule has 0 N–H and O–H groups in total. The Bertz CT molecular complexity index is 2190. The zero-order valence-corrected chi connectivity index (χ0v) is 26.4. The van der Waals surface area contributed by atoms with Gasteiger partial charge in [-0.1, -0.05) is 143 Å². The molecule has 0 saturated heterocycles. The second-order valence-electron chi connectivity index (χ2n) is 13.4. The SMILES string of the molecule is CC1(C)c2cccc3cc(-c4ccccc4N(c4ccccc4)c4ccc(-c5ccccc5)cc4)c4cccc(c4c23)C1(C)C. The van der Waals surface area contributed by atoms with Crippen molar-refractivity contribution >= 4 is 38.6 Å². The van der Waals surface area contributed by atoms with Crippen molar-refractivity contribution in [3.63, 3.8) is 0 Å². The van der Waals surface area contributed by atoms with E-state index >= 15 is 0 Å². The minimum Gasteiger partial charge on any atom is -0.310 e. The van der Waals surface area contributed by atoms with E-state index in [1.165, 1.54) is 54.9 Å². The van der Waals surface area contributed by atoms with E-state index in [0.717, 1.165) is 17.1 Å². The van der Waals surface area contributed by atoms with E-state index in [2.05, 4.69) is 184 Å². The van der Waals surface area contributed by atoms with Gasteiger partial charge in [0.25, 0.3) is 0 Å². The molecule has 1 nitrogen and oxygen atoms in total. The third kappa shape index (κ3) is 4.15. The molecule has 1 aliphatic rings. The van der Waals surface area contributed by atoms with Crippen molar-refractivity contribution in [2.24, 2.45) is 0 Å². The summed E-state index contributed by atoms with van der Waals surface area (Å²) in [5.74, 6) is 0. The van der Waals surface area contributed by atoms with Gasteiger partial charge in [-0.25, -0.2) is 0 Å². The summed E-state index contributed by atoms with van der Waals surface area (Å²) in [4.78, 5) is 2.40. The first-order valence-electron chi connectivity index (χ1n) is 16.0. The molecular formula is C44H37N. The van der Waals surface area contributed by atoms with Crippen molar-refractivity contribution in [3.8, 4) is 22.3 Å². The summed E-state index contributed by atoms with van der Waals surface area (Å²) in [5.41, 5.74) is 11.2. The normalized spacial score (nSPS) is 14.6. The third-order valence-electron chi connectivity index (χ3n) is 10.6. The van der Waals surface area contributed by atoms with Gasteiger partial charge in [0.1, 0.15) is 0 Å². The van der Waals surface area contributed by atoms with Crippen molar-refractivity contribution in [2.75, 3.05) is 4.90 Å². The van der Waals surface area contributed by atoms with Crippen molar-refractivity contribution in [1.82, 2.24) is 0 Å². The maximum atomic E-state index is 2.43. The molecule has 0 atom stereocenters. The Hall–Kier alpha value is -5.14.